The van der Waals surface area contributed by atoms with E-state index in [1.165, 1.54) is 6.34 Å². The Balaban J connectivity index is 3.08. The second kappa shape index (κ2) is 3.65. The first-order valence-corrected chi connectivity index (χ1v) is 4.21. The smallest absolute Gasteiger partial charge is 0.296 e. The Morgan fingerprint density at radius 2 is 2.58 bits per heavy atom. The molecule has 0 spiro atoms. The van der Waals surface area contributed by atoms with E-state index in [-0.39, 0.29) is 6.03 Å². The van der Waals surface area contributed by atoms with Crippen LogP contribution in [0.25, 0.3) is 0 Å². The third-order valence-corrected chi connectivity index (χ3v) is 1.70. The van der Waals surface area contributed by atoms with Crippen LogP contribution in [0, 0.1) is 0 Å². The normalized spacial score (nSPS) is 20.5. The van der Waals surface area contributed by atoms with E-state index in [0.717, 1.165) is 8.59 Å². The lowest BCUT2D eigenvalue weighted by Gasteiger charge is -2.20. The molecule has 0 bridgehead atoms. The van der Waals surface area contributed by atoms with Crippen LogP contribution in [0.2, 0.25) is 0 Å². The lowest BCUT2D eigenvalue weighted by Crippen LogP contribution is -2.38. The van der Waals surface area contributed by atoms with E-state index in [9.17, 15) is 4.79 Å². The van der Waals surface area contributed by atoms with Crippen LogP contribution in [-0.4, -0.2) is 24.1 Å². The van der Waals surface area contributed by atoms with Crippen LogP contribution in [0.5, 0.6) is 0 Å². The number of nitrogens with zero attached hydrogens (tertiary/aromatic N) is 3. The number of hydrogen-bond donors (Lipinski definition) is 1. The van der Waals surface area contributed by atoms with Crippen molar-refractivity contribution in [3.8, 4) is 0 Å². The minimum absolute atomic E-state index is 0.342. The highest BCUT2D eigenvalue weighted by atomic mass is 127. The summed E-state index contributed by atoms with van der Waals surface area (Å²) in [7, 11) is 0. The van der Waals surface area contributed by atoms with Gasteiger partial charge in [0.2, 0.25) is 0 Å². The number of hydrogen-bond acceptors (Lipinski definition) is 3. The Morgan fingerprint density at radius 3 is 3.00 bits per heavy atom. The zero-order chi connectivity index (χ0) is 9.14. The number of nitrogens with one attached hydrogen (secondary N) is 1. The number of carbonyl (C=O) groups excluding carboxylic acids is 1. The molecule has 1 heterocycles. The molecule has 0 saturated heterocycles. The fourth-order valence-electron chi connectivity index (χ4n) is 0.727. The average molecular weight is 278 g/mol. The Bertz CT molecular complexity index is 279. The number of amides is 2. The van der Waals surface area contributed by atoms with Crippen molar-refractivity contribution in [2.24, 2.45) is 10.1 Å². The molecule has 1 aliphatic rings. The molecule has 1 aliphatic heterocycles. The van der Waals surface area contributed by atoms with E-state index >= 15 is 0 Å². The van der Waals surface area contributed by atoms with Crippen molar-refractivity contribution in [3.05, 3.63) is 9.40 Å². The van der Waals surface area contributed by atoms with E-state index in [1.807, 2.05) is 6.92 Å². The lowest BCUT2D eigenvalue weighted by molar-refractivity contribution is 0.216. The maximum Gasteiger partial charge on any atom is 0.349 e. The van der Waals surface area contributed by atoms with Crippen LogP contribution >= 0.6 is 22.6 Å². The molecule has 0 saturated carbocycles. The molecule has 0 aromatic rings. The molecule has 2 amide bonds. The third-order valence-electron chi connectivity index (χ3n) is 1.22. The predicted octanol–water partition coefficient (Wildman–Crippen LogP) is 1.28. The number of hydrazone groups is 1. The summed E-state index contributed by atoms with van der Waals surface area (Å²) >= 11 is 2.07. The highest BCUT2D eigenvalue weighted by Gasteiger charge is 2.20. The number of halogens is 1. The van der Waals surface area contributed by atoms with Gasteiger partial charge in [0.15, 0.2) is 5.82 Å². The van der Waals surface area contributed by atoms with Gasteiger partial charge >= 0.3 is 6.03 Å². The van der Waals surface area contributed by atoms with Gasteiger partial charge in [0.1, 0.15) is 0 Å². The SMILES string of the molecule is C=NN1C(=O)NC=N/C1=C(/C)I. The molecule has 5 nitrogen and oxygen atoms in total. The summed E-state index contributed by atoms with van der Waals surface area (Å²) in [6.07, 6.45) is 1.33. The number of urea groups is 1. The minimum Gasteiger partial charge on any atom is -0.296 e. The first-order valence-electron chi connectivity index (χ1n) is 3.13. The fourth-order valence-corrected chi connectivity index (χ4v) is 1.09. The highest BCUT2D eigenvalue weighted by molar-refractivity contribution is 14.1. The molecule has 0 unspecified atom stereocenters. The van der Waals surface area contributed by atoms with Crippen molar-refractivity contribution in [1.82, 2.24) is 10.3 Å². The minimum atomic E-state index is -0.342. The number of carbonyl (C=O) groups is 1. The van der Waals surface area contributed by atoms with E-state index in [1.54, 1.807) is 0 Å². The molecule has 0 aromatic carbocycles. The summed E-state index contributed by atoms with van der Waals surface area (Å²) in [6, 6.07) is -0.342. The van der Waals surface area contributed by atoms with E-state index < -0.39 is 0 Å². The van der Waals surface area contributed by atoms with Gasteiger partial charge in [-0.25, -0.2) is 9.79 Å². The van der Waals surface area contributed by atoms with Gasteiger partial charge in [-0.1, -0.05) is 0 Å². The van der Waals surface area contributed by atoms with E-state index in [2.05, 4.69) is 44.7 Å². The molecule has 0 aliphatic carbocycles. The molecule has 12 heavy (non-hydrogen) atoms. The second-order valence-electron chi connectivity index (χ2n) is 2.02. The maximum atomic E-state index is 11.1. The van der Waals surface area contributed by atoms with Gasteiger partial charge < -0.3 is 0 Å². The Labute approximate surface area is 83.4 Å². The predicted molar refractivity (Wildman–Crippen MR) is 55.1 cm³/mol. The largest absolute Gasteiger partial charge is 0.349 e. The number of aliphatic imine (C=N–C) groups is 1. The summed E-state index contributed by atoms with van der Waals surface area (Å²) in [5, 5.41) is 7.03. The molecule has 1 N–H and O–H groups in total. The van der Waals surface area contributed by atoms with Crippen molar-refractivity contribution >= 4 is 41.7 Å². The molecular formula is C6H7IN4O. The first-order chi connectivity index (χ1) is 5.66. The van der Waals surface area contributed by atoms with E-state index in [0.29, 0.717) is 5.82 Å². The Hall–Kier alpha value is -0.920. The van der Waals surface area contributed by atoms with Crippen LogP contribution < -0.4 is 5.32 Å². The summed E-state index contributed by atoms with van der Waals surface area (Å²) in [5.74, 6) is 0.509. The molecule has 0 aromatic heterocycles. The van der Waals surface area contributed by atoms with Crippen molar-refractivity contribution in [1.29, 1.82) is 0 Å². The number of allylic oxidation sites excluding steroid dienone is 1. The molecule has 0 fully saturated rings. The van der Waals surface area contributed by atoms with Crippen LogP contribution in [-0.2, 0) is 0 Å². The standard InChI is InChI=1S/C6H7IN4O/c1-4(7)5-9-3-10-6(12)11(5)8-2/h3H,2H2,1H3,(H,9,10,12)/b5-4+. The van der Waals surface area contributed by atoms with Gasteiger partial charge in [0, 0.05) is 10.3 Å². The third kappa shape index (κ3) is 1.63. The highest BCUT2D eigenvalue weighted by Crippen LogP contribution is 2.18. The fraction of sp³-hybridized carbons (Fsp3) is 0.167. The molecule has 64 valence electrons. The monoisotopic (exact) mass is 278 g/mol. The van der Waals surface area contributed by atoms with Crippen LogP contribution in [0.15, 0.2) is 19.5 Å². The summed E-state index contributed by atoms with van der Waals surface area (Å²) in [4.78, 5) is 15.0. The summed E-state index contributed by atoms with van der Waals surface area (Å²) in [5.41, 5.74) is 0. The van der Waals surface area contributed by atoms with Gasteiger partial charge in [-0.3, -0.25) is 5.32 Å². The van der Waals surface area contributed by atoms with Crippen LogP contribution in [0.4, 0.5) is 4.79 Å². The molecule has 0 atom stereocenters. The Kier molecular flexibility index (Phi) is 2.79. The Morgan fingerprint density at radius 1 is 1.92 bits per heavy atom. The topological polar surface area (TPSA) is 57.1 Å². The summed E-state index contributed by atoms with van der Waals surface area (Å²) in [6.45, 7) is 5.11. The van der Waals surface area contributed by atoms with Gasteiger partial charge in [-0.05, 0) is 29.5 Å². The zero-order valence-corrected chi connectivity index (χ0v) is 8.57. The van der Waals surface area contributed by atoms with Crippen molar-refractivity contribution < 1.29 is 4.79 Å². The molecule has 6 heteroatoms. The van der Waals surface area contributed by atoms with Gasteiger partial charge in [0.25, 0.3) is 0 Å². The molecular weight excluding hydrogens is 271 g/mol. The van der Waals surface area contributed by atoms with E-state index in [4.69, 9.17) is 0 Å². The maximum absolute atomic E-state index is 11.1. The number of rotatable bonds is 1. The average Bonchev–Trinajstić information content (AvgIpc) is 2.03. The molecule has 1 rings (SSSR count). The van der Waals surface area contributed by atoms with Crippen molar-refractivity contribution in [3.63, 3.8) is 0 Å². The summed E-state index contributed by atoms with van der Waals surface area (Å²) < 4.78 is 0.881. The van der Waals surface area contributed by atoms with Crippen LogP contribution in [0.3, 0.4) is 0 Å². The van der Waals surface area contributed by atoms with Crippen molar-refractivity contribution in [2.75, 3.05) is 0 Å². The molecule has 0 radical (unpaired) electrons. The zero-order valence-electron chi connectivity index (χ0n) is 6.41. The van der Waals surface area contributed by atoms with Gasteiger partial charge in [0.05, 0.1) is 6.34 Å². The first kappa shape index (κ1) is 9.17. The van der Waals surface area contributed by atoms with Crippen molar-refractivity contribution in [2.45, 2.75) is 6.92 Å². The van der Waals surface area contributed by atoms with Crippen LogP contribution in [0.1, 0.15) is 6.92 Å². The van der Waals surface area contributed by atoms with Gasteiger partial charge in [-0.15, -0.1) is 0 Å². The second-order valence-corrected chi connectivity index (χ2v) is 3.64. The van der Waals surface area contributed by atoms with Gasteiger partial charge in [-0.2, -0.15) is 10.1 Å². The lowest BCUT2D eigenvalue weighted by atomic mass is 10.5. The quantitative estimate of drug-likeness (QED) is 0.570.